The van der Waals surface area contributed by atoms with E-state index in [1.54, 1.807) is 24.3 Å². The Morgan fingerprint density at radius 3 is 2.24 bits per heavy atom. The summed E-state index contributed by atoms with van der Waals surface area (Å²) in [7, 11) is 1.22. The molecule has 2 aromatic rings. The van der Waals surface area contributed by atoms with Crippen molar-refractivity contribution in [2.75, 3.05) is 19.0 Å². The van der Waals surface area contributed by atoms with Crippen molar-refractivity contribution in [1.29, 1.82) is 0 Å². The van der Waals surface area contributed by atoms with Crippen LogP contribution in [0.1, 0.15) is 31.2 Å². The van der Waals surface area contributed by atoms with Gasteiger partial charge in [0.1, 0.15) is 19.1 Å². The van der Waals surface area contributed by atoms with Gasteiger partial charge in [-0.05, 0) is 37.0 Å². The predicted octanol–water partition coefficient (Wildman–Crippen LogP) is 2.77. The lowest BCUT2D eigenvalue weighted by molar-refractivity contribution is -0.143. The number of alkyl carbamates (subject to hydrolysis) is 1. The van der Waals surface area contributed by atoms with Crippen molar-refractivity contribution in [3.05, 3.63) is 66.2 Å². The van der Waals surface area contributed by atoms with Crippen LogP contribution < -0.4 is 16.0 Å². The van der Waals surface area contributed by atoms with E-state index >= 15 is 0 Å². The zero-order valence-corrected chi connectivity index (χ0v) is 18.5. The van der Waals surface area contributed by atoms with Gasteiger partial charge in [0.2, 0.25) is 11.8 Å². The number of carbonyl (C=O) groups excluding carboxylic acids is 4. The minimum atomic E-state index is -0.820. The highest BCUT2D eigenvalue weighted by Crippen LogP contribution is 2.09. The highest BCUT2D eigenvalue weighted by molar-refractivity contribution is 5.96. The Balaban J connectivity index is 1.84. The van der Waals surface area contributed by atoms with E-state index < -0.39 is 24.0 Å². The van der Waals surface area contributed by atoms with Crippen molar-refractivity contribution in [2.24, 2.45) is 0 Å². The van der Waals surface area contributed by atoms with E-state index in [0.29, 0.717) is 31.5 Å². The van der Waals surface area contributed by atoms with Gasteiger partial charge in [0.05, 0.1) is 7.11 Å². The van der Waals surface area contributed by atoms with Crippen molar-refractivity contribution in [2.45, 2.75) is 38.3 Å². The van der Waals surface area contributed by atoms with Gasteiger partial charge in [-0.15, -0.1) is 0 Å². The summed E-state index contributed by atoms with van der Waals surface area (Å²) in [5, 5.41) is 8.01. The monoisotopic (exact) mass is 455 g/mol. The number of amides is 3. The van der Waals surface area contributed by atoms with Crippen molar-refractivity contribution < 1.29 is 28.7 Å². The lowest BCUT2D eigenvalue weighted by Crippen LogP contribution is -2.44. The van der Waals surface area contributed by atoms with Gasteiger partial charge >= 0.3 is 12.1 Å². The molecule has 33 heavy (non-hydrogen) atoms. The molecule has 2 aromatic carbocycles. The Kier molecular flexibility index (Phi) is 10.9. The summed E-state index contributed by atoms with van der Waals surface area (Å²) >= 11 is 0. The zero-order chi connectivity index (χ0) is 23.9. The van der Waals surface area contributed by atoms with Crippen LogP contribution in [0.15, 0.2) is 60.7 Å². The third-order valence-corrected chi connectivity index (χ3v) is 4.64. The number of methoxy groups -OCH3 is 1. The van der Waals surface area contributed by atoms with Gasteiger partial charge in [0.25, 0.3) is 0 Å². The Labute approximate surface area is 192 Å². The number of esters is 1. The minimum Gasteiger partial charge on any atom is -0.469 e. The molecule has 0 fully saturated rings. The van der Waals surface area contributed by atoms with Gasteiger partial charge in [0.15, 0.2) is 0 Å². The van der Waals surface area contributed by atoms with E-state index in [1.807, 2.05) is 36.4 Å². The predicted molar refractivity (Wildman–Crippen MR) is 122 cm³/mol. The number of para-hydroxylation sites is 1. The number of hydrogen-bond acceptors (Lipinski definition) is 6. The fraction of sp³-hybridized carbons (Fsp3) is 0.333. The molecule has 1 atom stereocenters. The van der Waals surface area contributed by atoms with E-state index in [4.69, 9.17) is 4.74 Å². The topological polar surface area (TPSA) is 123 Å². The first-order valence-electron chi connectivity index (χ1n) is 10.6. The number of benzene rings is 2. The molecule has 0 saturated carbocycles. The Hall–Kier alpha value is -3.88. The van der Waals surface area contributed by atoms with E-state index in [-0.39, 0.29) is 18.9 Å². The molecule has 176 valence electrons. The maximum Gasteiger partial charge on any atom is 0.408 e. The smallest absolute Gasteiger partial charge is 0.408 e. The van der Waals surface area contributed by atoms with Crippen LogP contribution >= 0.6 is 0 Å². The largest absolute Gasteiger partial charge is 0.469 e. The van der Waals surface area contributed by atoms with Crippen molar-refractivity contribution in [3.8, 4) is 0 Å². The SMILES string of the molecule is COC(=O)CC(=O)NCCCC[C@H](NC(=O)OCc1ccccc1)C(=O)Nc1ccccc1. The second kappa shape index (κ2) is 14.2. The summed E-state index contributed by atoms with van der Waals surface area (Å²) in [6, 6.07) is 17.3. The highest BCUT2D eigenvalue weighted by Gasteiger charge is 2.21. The first kappa shape index (κ1) is 25.4. The fourth-order valence-electron chi connectivity index (χ4n) is 2.89. The van der Waals surface area contributed by atoms with Gasteiger partial charge in [-0.25, -0.2) is 4.79 Å². The Bertz CT molecular complexity index is 905. The maximum absolute atomic E-state index is 12.7. The molecule has 0 aromatic heterocycles. The third-order valence-electron chi connectivity index (χ3n) is 4.64. The fourth-order valence-corrected chi connectivity index (χ4v) is 2.89. The lowest BCUT2D eigenvalue weighted by Gasteiger charge is -2.18. The summed E-state index contributed by atoms with van der Waals surface area (Å²) < 4.78 is 9.68. The molecular formula is C24H29N3O6. The molecule has 0 bridgehead atoms. The quantitative estimate of drug-likeness (QED) is 0.257. The average molecular weight is 456 g/mol. The van der Waals surface area contributed by atoms with Crippen molar-refractivity contribution >= 4 is 29.6 Å². The zero-order valence-electron chi connectivity index (χ0n) is 18.5. The number of hydrogen-bond donors (Lipinski definition) is 3. The number of nitrogens with one attached hydrogen (secondary N) is 3. The molecule has 2 rings (SSSR count). The first-order valence-corrected chi connectivity index (χ1v) is 10.6. The molecule has 0 unspecified atom stereocenters. The maximum atomic E-state index is 12.7. The van der Waals surface area contributed by atoms with Crippen LogP contribution in [0.4, 0.5) is 10.5 Å². The van der Waals surface area contributed by atoms with Crippen LogP contribution in [0.25, 0.3) is 0 Å². The van der Waals surface area contributed by atoms with Gasteiger partial charge in [0, 0.05) is 12.2 Å². The molecule has 3 amide bonds. The molecule has 9 nitrogen and oxygen atoms in total. The van der Waals surface area contributed by atoms with E-state index in [9.17, 15) is 19.2 Å². The van der Waals surface area contributed by atoms with Crippen LogP contribution in [0.2, 0.25) is 0 Å². The molecule has 0 heterocycles. The molecule has 3 N–H and O–H groups in total. The molecule has 0 aliphatic carbocycles. The van der Waals surface area contributed by atoms with Gasteiger partial charge < -0.3 is 25.4 Å². The average Bonchev–Trinajstić information content (AvgIpc) is 2.83. The summed E-state index contributed by atoms with van der Waals surface area (Å²) in [5.41, 5.74) is 1.45. The van der Waals surface area contributed by atoms with Crippen molar-refractivity contribution in [1.82, 2.24) is 10.6 Å². The number of ether oxygens (including phenoxy) is 2. The van der Waals surface area contributed by atoms with Crippen LogP contribution in [-0.2, 0) is 30.5 Å². The normalized spacial score (nSPS) is 11.1. The third kappa shape index (κ3) is 10.3. The molecule has 0 aliphatic heterocycles. The lowest BCUT2D eigenvalue weighted by atomic mass is 10.1. The summed E-state index contributed by atoms with van der Waals surface area (Å²) in [4.78, 5) is 47.7. The van der Waals surface area contributed by atoms with Gasteiger partial charge in [-0.2, -0.15) is 0 Å². The number of unbranched alkanes of at least 4 members (excludes halogenated alkanes) is 1. The highest BCUT2D eigenvalue weighted by atomic mass is 16.5. The second-order valence-corrected chi connectivity index (χ2v) is 7.21. The number of rotatable bonds is 12. The molecule has 0 saturated heterocycles. The van der Waals surface area contributed by atoms with Gasteiger partial charge in [-0.3, -0.25) is 14.4 Å². The Morgan fingerprint density at radius 1 is 0.909 bits per heavy atom. The summed E-state index contributed by atoms with van der Waals surface area (Å²) in [6.45, 7) is 0.424. The first-order chi connectivity index (χ1) is 16.0. The number of anilines is 1. The number of carbonyl (C=O) groups is 4. The molecular weight excluding hydrogens is 426 g/mol. The molecule has 0 aliphatic rings. The molecule has 0 radical (unpaired) electrons. The van der Waals surface area contributed by atoms with Crippen LogP contribution in [0.5, 0.6) is 0 Å². The second-order valence-electron chi connectivity index (χ2n) is 7.21. The minimum absolute atomic E-state index is 0.0892. The summed E-state index contributed by atoms with van der Waals surface area (Å²) in [6.07, 6.45) is 0.408. The van der Waals surface area contributed by atoms with Crippen molar-refractivity contribution in [3.63, 3.8) is 0 Å². The standard InChI is InChI=1S/C24H29N3O6/c1-32-22(29)16-21(28)25-15-9-8-14-20(23(30)26-19-12-6-3-7-13-19)27-24(31)33-17-18-10-4-2-5-11-18/h2-7,10-13,20H,8-9,14-17H2,1H3,(H,25,28)(H,26,30)(H,27,31)/t20-/m0/s1. The van der Waals surface area contributed by atoms with E-state index in [0.717, 1.165) is 5.56 Å². The van der Waals surface area contributed by atoms with E-state index in [2.05, 4.69) is 20.7 Å². The summed E-state index contributed by atoms with van der Waals surface area (Å²) in [5.74, 6) is -1.40. The Morgan fingerprint density at radius 2 is 1.58 bits per heavy atom. The van der Waals surface area contributed by atoms with Crippen LogP contribution in [0, 0.1) is 0 Å². The van der Waals surface area contributed by atoms with E-state index in [1.165, 1.54) is 7.11 Å². The molecule has 9 heteroatoms. The van der Waals surface area contributed by atoms with Crippen LogP contribution in [-0.4, -0.2) is 43.6 Å². The van der Waals surface area contributed by atoms with Crippen LogP contribution in [0.3, 0.4) is 0 Å². The van der Waals surface area contributed by atoms with Gasteiger partial charge in [-0.1, -0.05) is 48.5 Å². The molecule has 0 spiro atoms.